The number of hydrogen-bond acceptors (Lipinski definition) is 4. The largest absolute Gasteiger partial charge is 0.497 e. The zero-order valence-electron chi connectivity index (χ0n) is 15.6. The van der Waals surface area contributed by atoms with E-state index in [1.165, 1.54) is 25.0 Å². The normalized spacial score (nSPS) is 28.9. The van der Waals surface area contributed by atoms with Gasteiger partial charge in [0.2, 0.25) is 0 Å². The second kappa shape index (κ2) is 8.00. The van der Waals surface area contributed by atoms with Crippen LogP contribution in [0.25, 0.3) is 0 Å². The molecule has 2 fully saturated rings. The average Bonchev–Trinajstić information content (AvgIpc) is 3.10. The number of carbonyl (C=O) groups is 1. The Balaban J connectivity index is 1.77. The Morgan fingerprint density at radius 3 is 2.72 bits per heavy atom. The predicted octanol–water partition coefficient (Wildman–Crippen LogP) is 3.56. The Bertz CT molecular complexity index is 584. The third-order valence-corrected chi connectivity index (χ3v) is 7.44. The number of nitrogens with one attached hydrogen (secondary N) is 1. The lowest BCUT2D eigenvalue weighted by Gasteiger charge is -2.46. The molecular formula is C20H30N2O2S. The van der Waals surface area contributed by atoms with Gasteiger partial charge < -0.3 is 15.0 Å². The Morgan fingerprint density at radius 2 is 2.12 bits per heavy atom. The van der Waals surface area contributed by atoms with E-state index < -0.39 is 0 Å². The van der Waals surface area contributed by atoms with Crippen LogP contribution in [-0.4, -0.2) is 54.1 Å². The molecule has 138 valence electrons. The molecule has 5 heteroatoms. The molecule has 1 N–H and O–H groups in total. The molecule has 25 heavy (non-hydrogen) atoms. The van der Waals surface area contributed by atoms with Crippen molar-refractivity contribution in [1.29, 1.82) is 0 Å². The van der Waals surface area contributed by atoms with Crippen molar-refractivity contribution in [3.8, 4) is 5.75 Å². The van der Waals surface area contributed by atoms with E-state index in [1.807, 2.05) is 36.2 Å². The smallest absolute Gasteiger partial charge is 0.253 e. The first-order valence-electron chi connectivity index (χ1n) is 9.37. The molecule has 1 saturated heterocycles. The van der Waals surface area contributed by atoms with Gasteiger partial charge in [0.05, 0.1) is 7.11 Å². The van der Waals surface area contributed by atoms with E-state index in [0.717, 1.165) is 30.7 Å². The van der Waals surface area contributed by atoms with Crippen LogP contribution in [0.15, 0.2) is 24.3 Å². The van der Waals surface area contributed by atoms with Crippen molar-refractivity contribution in [2.24, 2.45) is 0 Å². The van der Waals surface area contributed by atoms with Gasteiger partial charge in [-0.05, 0) is 68.7 Å². The summed E-state index contributed by atoms with van der Waals surface area (Å²) in [5.74, 6) is 2.16. The van der Waals surface area contributed by atoms with Crippen LogP contribution < -0.4 is 10.1 Å². The molecule has 3 rings (SSSR count). The van der Waals surface area contributed by atoms with Gasteiger partial charge in [0, 0.05) is 29.4 Å². The summed E-state index contributed by atoms with van der Waals surface area (Å²) in [6.45, 7) is 3.10. The Labute approximate surface area is 155 Å². The van der Waals surface area contributed by atoms with E-state index in [-0.39, 0.29) is 11.9 Å². The molecule has 3 unspecified atom stereocenters. The second-order valence-corrected chi connectivity index (χ2v) is 8.82. The summed E-state index contributed by atoms with van der Waals surface area (Å²) in [5, 5.41) is 3.62. The van der Waals surface area contributed by atoms with Gasteiger partial charge in [-0.25, -0.2) is 0 Å². The van der Waals surface area contributed by atoms with Crippen molar-refractivity contribution in [2.45, 2.75) is 55.9 Å². The molecule has 1 aromatic rings. The molecule has 3 atom stereocenters. The molecule has 1 aromatic carbocycles. The molecule has 1 spiro atoms. The number of thioether (sulfide) groups is 1. The summed E-state index contributed by atoms with van der Waals surface area (Å²) in [4.78, 5) is 15.0. The predicted molar refractivity (Wildman–Crippen MR) is 105 cm³/mol. The molecule has 4 nitrogen and oxygen atoms in total. The molecule has 0 bridgehead atoms. The van der Waals surface area contributed by atoms with Gasteiger partial charge in [0.25, 0.3) is 5.91 Å². The number of amides is 1. The highest BCUT2D eigenvalue weighted by atomic mass is 32.2. The Kier molecular flexibility index (Phi) is 5.95. The molecule has 0 aromatic heterocycles. The molecule has 1 amide bonds. The molecule has 1 heterocycles. The van der Waals surface area contributed by atoms with Crippen molar-refractivity contribution < 1.29 is 9.53 Å². The molecule has 1 saturated carbocycles. The van der Waals surface area contributed by atoms with Gasteiger partial charge in [-0.2, -0.15) is 11.8 Å². The van der Waals surface area contributed by atoms with Crippen LogP contribution in [0.2, 0.25) is 0 Å². The number of likely N-dealkylation sites (N-methyl/N-ethyl adjacent to an activating group) is 2. The third-order valence-electron chi connectivity index (χ3n) is 5.76. The van der Waals surface area contributed by atoms with Crippen molar-refractivity contribution in [1.82, 2.24) is 10.2 Å². The summed E-state index contributed by atoms with van der Waals surface area (Å²) >= 11 is 2.14. The number of nitrogens with zero attached hydrogens (tertiary/aromatic N) is 1. The first-order chi connectivity index (χ1) is 12.1. The SMILES string of the molecule is CCNC1CCC2(CCCS2)CC1N(C)C(=O)c1ccc(OC)cc1. The lowest BCUT2D eigenvalue weighted by atomic mass is 9.78. The van der Waals surface area contributed by atoms with Gasteiger partial charge in [-0.3, -0.25) is 4.79 Å². The van der Waals surface area contributed by atoms with E-state index in [9.17, 15) is 4.79 Å². The minimum Gasteiger partial charge on any atom is -0.497 e. The molecule has 1 aliphatic carbocycles. The van der Waals surface area contributed by atoms with Crippen LogP contribution in [0.3, 0.4) is 0 Å². The van der Waals surface area contributed by atoms with Crippen LogP contribution in [0.4, 0.5) is 0 Å². The molecule has 2 aliphatic rings. The number of ether oxygens (including phenoxy) is 1. The maximum Gasteiger partial charge on any atom is 0.253 e. The van der Waals surface area contributed by atoms with Crippen molar-refractivity contribution in [2.75, 3.05) is 26.5 Å². The van der Waals surface area contributed by atoms with Gasteiger partial charge in [0.15, 0.2) is 0 Å². The second-order valence-electron chi connectivity index (χ2n) is 7.25. The first-order valence-corrected chi connectivity index (χ1v) is 10.4. The zero-order chi connectivity index (χ0) is 17.9. The fourth-order valence-corrected chi connectivity index (χ4v) is 5.91. The van der Waals surface area contributed by atoms with Gasteiger partial charge in [0.1, 0.15) is 5.75 Å². The fraction of sp³-hybridized carbons (Fsp3) is 0.650. The van der Waals surface area contributed by atoms with E-state index in [2.05, 4.69) is 24.0 Å². The van der Waals surface area contributed by atoms with E-state index in [1.54, 1.807) is 7.11 Å². The highest BCUT2D eigenvalue weighted by molar-refractivity contribution is 8.00. The minimum atomic E-state index is 0.107. The van der Waals surface area contributed by atoms with E-state index in [0.29, 0.717) is 10.8 Å². The summed E-state index contributed by atoms with van der Waals surface area (Å²) in [6.07, 6.45) is 6.16. The highest BCUT2D eigenvalue weighted by Crippen LogP contribution is 2.49. The average molecular weight is 363 g/mol. The lowest BCUT2D eigenvalue weighted by Crippen LogP contribution is -2.56. The van der Waals surface area contributed by atoms with Gasteiger partial charge in [-0.1, -0.05) is 6.92 Å². The topological polar surface area (TPSA) is 41.6 Å². The van der Waals surface area contributed by atoms with Crippen LogP contribution >= 0.6 is 11.8 Å². The maximum atomic E-state index is 13.0. The monoisotopic (exact) mass is 362 g/mol. The van der Waals surface area contributed by atoms with Crippen LogP contribution in [0, 0.1) is 0 Å². The Hall–Kier alpha value is -1.20. The molecular weight excluding hydrogens is 332 g/mol. The van der Waals surface area contributed by atoms with E-state index in [4.69, 9.17) is 4.74 Å². The van der Waals surface area contributed by atoms with Gasteiger partial charge >= 0.3 is 0 Å². The highest BCUT2D eigenvalue weighted by Gasteiger charge is 2.45. The number of carbonyl (C=O) groups excluding carboxylic acids is 1. The third kappa shape index (κ3) is 3.98. The summed E-state index contributed by atoms with van der Waals surface area (Å²) in [7, 11) is 3.62. The zero-order valence-corrected chi connectivity index (χ0v) is 16.4. The minimum absolute atomic E-state index is 0.107. The van der Waals surface area contributed by atoms with Crippen LogP contribution in [-0.2, 0) is 0 Å². The fourth-order valence-electron chi connectivity index (χ4n) is 4.34. The standard InChI is InChI=1S/C20H30N2O2S/c1-4-21-17-10-12-20(11-5-13-25-20)14-18(17)22(2)19(23)15-6-8-16(24-3)9-7-15/h6-9,17-18,21H,4-5,10-14H2,1-3H3. The summed E-state index contributed by atoms with van der Waals surface area (Å²) in [6, 6.07) is 8.10. The van der Waals surface area contributed by atoms with Gasteiger partial charge in [-0.15, -0.1) is 0 Å². The van der Waals surface area contributed by atoms with Crippen molar-refractivity contribution >= 4 is 17.7 Å². The lowest BCUT2D eigenvalue weighted by molar-refractivity contribution is 0.0623. The number of methoxy groups -OCH3 is 1. The van der Waals surface area contributed by atoms with Crippen LogP contribution in [0.5, 0.6) is 5.75 Å². The first kappa shape index (κ1) is 18.6. The Morgan fingerprint density at radius 1 is 1.36 bits per heavy atom. The number of benzene rings is 1. The maximum absolute atomic E-state index is 13.0. The molecule has 1 aliphatic heterocycles. The van der Waals surface area contributed by atoms with Crippen molar-refractivity contribution in [3.05, 3.63) is 29.8 Å². The number of hydrogen-bond donors (Lipinski definition) is 1. The van der Waals surface area contributed by atoms with Crippen molar-refractivity contribution in [3.63, 3.8) is 0 Å². The van der Waals surface area contributed by atoms with Crippen LogP contribution in [0.1, 0.15) is 49.4 Å². The number of rotatable bonds is 5. The quantitative estimate of drug-likeness (QED) is 0.869. The van der Waals surface area contributed by atoms with E-state index >= 15 is 0 Å². The molecule has 0 radical (unpaired) electrons. The summed E-state index contributed by atoms with van der Waals surface area (Å²) in [5.41, 5.74) is 0.734. The summed E-state index contributed by atoms with van der Waals surface area (Å²) < 4.78 is 5.59.